The summed E-state index contributed by atoms with van der Waals surface area (Å²) in [5, 5.41) is 3.80. The first-order valence-electron chi connectivity index (χ1n) is 9.88. The fourth-order valence-corrected chi connectivity index (χ4v) is 3.86. The molecular formula is C24H22N4OS. The highest BCUT2D eigenvalue weighted by Gasteiger charge is 2.17. The Balaban J connectivity index is 1.48. The molecule has 0 spiro atoms. The van der Waals surface area contributed by atoms with E-state index in [0.717, 1.165) is 39.9 Å². The molecule has 6 heteroatoms. The lowest BCUT2D eigenvalue weighted by Gasteiger charge is -2.08. The van der Waals surface area contributed by atoms with Gasteiger partial charge in [0.25, 0.3) is 0 Å². The van der Waals surface area contributed by atoms with Crippen LogP contribution >= 0.6 is 11.8 Å². The summed E-state index contributed by atoms with van der Waals surface area (Å²) >= 11 is 1.44. The molecule has 0 fully saturated rings. The molecule has 0 saturated heterocycles. The van der Waals surface area contributed by atoms with Gasteiger partial charge in [0.15, 0.2) is 0 Å². The molecule has 0 radical (unpaired) electrons. The van der Waals surface area contributed by atoms with Crippen molar-refractivity contribution in [2.75, 3.05) is 11.1 Å². The van der Waals surface area contributed by atoms with E-state index in [2.05, 4.69) is 17.2 Å². The molecule has 0 bridgehead atoms. The van der Waals surface area contributed by atoms with Crippen molar-refractivity contribution in [1.82, 2.24) is 4.98 Å². The van der Waals surface area contributed by atoms with Crippen LogP contribution in [-0.4, -0.2) is 27.4 Å². The predicted molar refractivity (Wildman–Crippen MR) is 125 cm³/mol. The van der Waals surface area contributed by atoms with Crippen molar-refractivity contribution in [1.29, 1.82) is 0 Å². The van der Waals surface area contributed by atoms with Gasteiger partial charge in [0, 0.05) is 18.3 Å². The number of benzene rings is 2. The van der Waals surface area contributed by atoms with E-state index in [1.807, 2.05) is 66.7 Å². The van der Waals surface area contributed by atoms with Crippen molar-refractivity contribution in [2.45, 2.75) is 19.8 Å². The van der Waals surface area contributed by atoms with Gasteiger partial charge in [-0.1, -0.05) is 37.3 Å². The Morgan fingerprint density at radius 2 is 1.70 bits per heavy atom. The topological polar surface area (TPSA) is 66.7 Å². The molecule has 3 aromatic rings. The van der Waals surface area contributed by atoms with Crippen LogP contribution in [-0.2, 0) is 11.2 Å². The summed E-state index contributed by atoms with van der Waals surface area (Å²) in [6.45, 7) is 2.11. The van der Waals surface area contributed by atoms with Crippen LogP contribution < -0.4 is 5.32 Å². The highest BCUT2D eigenvalue weighted by atomic mass is 32.2. The minimum Gasteiger partial charge on any atom is -0.325 e. The lowest BCUT2D eigenvalue weighted by molar-refractivity contribution is -0.113. The maximum Gasteiger partial charge on any atom is 0.234 e. The van der Waals surface area contributed by atoms with Crippen molar-refractivity contribution in [2.24, 2.45) is 9.98 Å². The van der Waals surface area contributed by atoms with Crippen molar-refractivity contribution in [3.05, 3.63) is 84.2 Å². The fourth-order valence-electron chi connectivity index (χ4n) is 3.09. The van der Waals surface area contributed by atoms with E-state index in [1.54, 1.807) is 6.20 Å². The number of hydrogen-bond acceptors (Lipinski definition) is 5. The Labute approximate surface area is 180 Å². The number of carbonyl (C=O) groups excluding carboxylic acids is 1. The number of pyridine rings is 1. The van der Waals surface area contributed by atoms with E-state index >= 15 is 0 Å². The second-order valence-corrected chi connectivity index (χ2v) is 7.88. The van der Waals surface area contributed by atoms with Crippen LogP contribution in [0.4, 0.5) is 17.1 Å². The van der Waals surface area contributed by atoms with Crippen LogP contribution in [0.25, 0.3) is 0 Å². The Morgan fingerprint density at radius 1 is 0.967 bits per heavy atom. The molecule has 0 aliphatic carbocycles. The van der Waals surface area contributed by atoms with Gasteiger partial charge in [-0.3, -0.25) is 9.78 Å². The van der Waals surface area contributed by atoms with Crippen LogP contribution in [0.5, 0.6) is 0 Å². The molecule has 1 aromatic heterocycles. The van der Waals surface area contributed by atoms with E-state index in [1.165, 1.54) is 17.3 Å². The Hall–Kier alpha value is -3.25. The average molecular weight is 415 g/mol. The third kappa shape index (κ3) is 5.02. The quantitative estimate of drug-likeness (QED) is 0.593. The standard InChI is InChI=1S/C24H22N4OS/c1-2-17-10-12-18(13-11-17)26-23(29)16-30-24-15-22(19-7-5-6-14-25-19)27-20-8-3-4-9-21(20)28-24/h3-14H,2,15-16H2,1H3,(H,26,29). The molecular weight excluding hydrogens is 392 g/mol. The van der Waals surface area contributed by atoms with E-state index in [9.17, 15) is 4.79 Å². The maximum atomic E-state index is 12.5. The largest absolute Gasteiger partial charge is 0.325 e. The van der Waals surface area contributed by atoms with Crippen molar-refractivity contribution >= 4 is 45.5 Å². The highest BCUT2D eigenvalue weighted by Crippen LogP contribution is 2.33. The third-order valence-corrected chi connectivity index (χ3v) is 5.65. The van der Waals surface area contributed by atoms with Crippen LogP contribution in [0.3, 0.4) is 0 Å². The second-order valence-electron chi connectivity index (χ2n) is 6.83. The van der Waals surface area contributed by atoms with E-state index in [4.69, 9.17) is 9.98 Å². The van der Waals surface area contributed by atoms with E-state index in [0.29, 0.717) is 6.42 Å². The van der Waals surface area contributed by atoms with E-state index in [-0.39, 0.29) is 11.7 Å². The molecule has 5 nitrogen and oxygen atoms in total. The number of thioether (sulfide) groups is 1. The summed E-state index contributed by atoms with van der Waals surface area (Å²) in [7, 11) is 0. The maximum absolute atomic E-state index is 12.5. The number of aromatic nitrogens is 1. The van der Waals surface area contributed by atoms with Gasteiger partial charge in [0.1, 0.15) is 0 Å². The van der Waals surface area contributed by atoms with Crippen molar-refractivity contribution < 1.29 is 4.79 Å². The average Bonchev–Trinajstić information content (AvgIpc) is 2.98. The van der Waals surface area contributed by atoms with Gasteiger partial charge in [-0.2, -0.15) is 0 Å². The van der Waals surface area contributed by atoms with Gasteiger partial charge >= 0.3 is 0 Å². The Morgan fingerprint density at radius 3 is 2.40 bits per heavy atom. The van der Waals surface area contributed by atoms with Crippen LogP contribution in [0.1, 0.15) is 24.6 Å². The van der Waals surface area contributed by atoms with Gasteiger partial charge in [-0.05, 0) is 48.4 Å². The lowest BCUT2D eigenvalue weighted by Crippen LogP contribution is -2.16. The SMILES string of the molecule is CCc1ccc(NC(=O)CSC2=Nc3ccccc3N=C(c3ccccn3)C2)cc1. The normalized spacial score (nSPS) is 13.0. The Bertz CT molecular complexity index is 1090. The molecule has 1 N–H and O–H groups in total. The second kappa shape index (κ2) is 9.50. The number of carbonyl (C=O) groups is 1. The van der Waals surface area contributed by atoms with Crippen LogP contribution in [0, 0.1) is 0 Å². The number of rotatable bonds is 5. The molecule has 2 aromatic carbocycles. The molecule has 0 atom stereocenters. The predicted octanol–water partition coefficient (Wildman–Crippen LogP) is 5.57. The minimum atomic E-state index is -0.0548. The number of nitrogens with zero attached hydrogens (tertiary/aromatic N) is 3. The minimum absolute atomic E-state index is 0.0548. The number of hydrogen-bond donors (Lipinski definition) is 1. The Kier molecular flexibility index (Phi) is 6.35. The fraction of sp³-hybridized carbons (Fsp3) is 0.167. The zero-order valence-electron chi connectivity index (χ0n) is 16.7. The number of nitrogens with one attached hydrogen (secondary N) is 1. The molecule has 1 aliphatic heterocycles. The number of aliphatic imine (C=N–C) groups is 2. The smallest absolute Gasteiger partial charge is 0.234 e. The highest BCUT2D eigenvalue weighted by molar-refractivity contribution is 8.14. The molecule has 1 amide bonds. The third-order valence-electron chi connectivity index (χ3n) is 4.68. The van der Waals surface area contributed by atoms with Gasteiger partial charge in [0.2, 0.25) is 5.91 Å². The summed E-state index contributed by atoms with van der Waals surface area (Å²) in [6, 6.07) is 21.5. The molecule has 1 aliphatic rings. The first-order chi connectivity index (χ1) is 14.7. The number of aryl methyl sites for hydroxylation is 1. The molecule has 0 unspecified atom stereocenters. The summed E-state index contributed by atoms with van der Waals surface area (Å²) in [4.78, 5) is 26.5. The summed E-state index contributed by atoms with van der Waals surface area (Å²) < 4.78 is 0. The lowest BCUT2D eigenvalue weighted by atomic mass is 10.1. The zero-order valence-corrected chi connectivity index (χ0v) is 17.5. The molecule has 4 rings (SSSR count). The van der Waals surface area contributed by atoms with Crippen molar-refractivity contribution in [3.63, 3.8) is 0 Å². The zero-order chi connectivity index (χ0) is 20.8. The van der Waals surface area contributed by atoms with Gasteiger partial charge in [-0.25, -0.2) is 9.98 Å². The molecule has 0 saturated carbocycles. The summed E-state index contributed by atoms with van der Waals surface area (Å²) in [5.41, 5.74) is 5.35. The monoisotopic (exact) mass is 414 g/mol. The number of fused-ring (bicyclic) bond motifs is 1. The molecule has 2 heterocycles. The van der Waals surface area contributed by atoms with Gasteiger partial charge < -0.3 is 5.32 Å². The molecule has 30 heavy (non-hydrogen) atoms. The van der Waals surface area contributed by atoms with Crippen molar-refractivity contribution in [3.8, 4) is 0 Å². The number of para-hydroxylation sites is 2. The van der Waals surface area contributed by atoms with E-state index < -0.39 is 0 Å². The van der Waals surface area contributed by atoms with Crippen LogP contribution in [0.15, 0.2) is 82.9 Å². The van der Waals surface area contributed by atoms with Gasteiger partial charge in [-0.15, -0.1) is 11.8 Å². The summed E-state index contributed by atoms with van der Waals surface area (Å²) in [5.74, 6) is 0.229. The first kappa shape index (κ1) is 20.0. The summed E-state index contributed by atoms with van der Waals surface area (Å²) in [6.07, 6.45) is 3.27. The van der Waals surface area contributed by atoms with Crippen LogP contribution in [0.2, 0.25) is 0 Å². The number of anilines is 1. The number of amides is 1. The first-order valence-corrected chi connectivity index (χ1v) is 10.9. The van der Waals surface area contributed by atoms with Gasteiger partial charge in [0.05, 0.1) is 33.6 Å². The molecule has 150 valence electrons.